The van der Waals surface area contributed by atoms with E-state index in [9.17, 15) is 9.18 Å². The zero-order valence-corrected chi connectivity index (χ0v) is 13.7. The van der Waals surface area contributed by atoms with Crippen molar-refractivity contribution >= 4 is 5.97 Å². The van der Waals surface area contributed by atoms with Gasteiger partial charge in [0.15, 0.2) is 11.6 Å². The van der Waals surface area contributed by atoms with Crippen molar-refractivity contribution in [2.75, 3.05) is 0 Å². The van der Waals surface area contributed by atoms with Crippen LogP contribution in [0.3, 0.4) is 0 Å². The molecule has 4 heteroatoms. The summed E-state index contributed by atoms with van der Waals surface area (Å²) in [5.41, 5.74) is 2.45. The van der Waals surface area contributed by atoms with Gasteiger partial charge in [0.05, 0.1) is 6.42 Å². The first-order valence-corrected chi connectivity index (χ1v) is 8.23. The molecular weight excluding hydrogens is 307 g/mol. The van der Waals surface area contributed by atoms with Crippen LogP contribution in [0.15, 0.2) is 42.5 Å². The molecule has 3 nitrogen and oxygen atoms in total. The molecule has 0 bridgehead atoms. The second-order valence-electron chi connectivity index (χ2n) is 6.46. The molecule has 2 aromatic rings. The molecule has 126 valence electrons. The van der Waals surface area contributed by atoms with Crippen molar-refractivity contribution in [3.05, 3.63) is 65.0 Å². The summed E-state index contributed by atoms with van der Waals surface area (Å²) in [6, 6.07) is 12.9. The molecule has 0 radical (unpaired) electrons. The monoisotopic (exact) mass is 328 g/mol. The van der Waals surface area contributed by atoms with Gasteiger partial charge in [-0.05, 0) is 54.4 Å². The third-order valence-electron chi connectivity index (χ3n) is 4.49. The van der Waals surface area contributed by atoms with E-state index in [1.165, 1.54) is 6.07 Å². The summed E-state index contributed by atoms with van der Waals surface area (Å²) in [6.07, 6.45) is 2.09. The van der Waals surface area contributed by atoms with Gasteiger partial charge in [-0.25, -0.2) is 4.39 Å². The number of aryl methyl sites for hydroxylation is 1. The number of ether oxygens (including phenoxy) is 1. The summed E-state index contributed by atoms with van der Waals surface area (Å²) in [5.74, 6) is -0.770. The molecule has 0 aliphatic heterocycles. The minimum Gasteiger partial charge on any atom is -0.486 e. The van der Waals surface area contributed by atoms with E-state index in [0.29, 0.717) is 18.1 Å². The van der Waals surface area contributed by atoms with Gasteiger partial charge >= 0.3 is 5.97 Å². The van der Waals surface area contributed by atoms with Crippen LogP contribution >= 0.6 is 0 Å². The van der Waals surface area contributed by atoms with Crippen LogP contribution in [0.1, 0.15) is 41.9 Å². The second kappa shape index (κ2) is 7.04. The topological polar surface area (TPSA) is 46.5 Å². The van der Waals surface area contributed by atoms with Crippen molar-refractivity contribution < 1.29 is 19.0 Å². The highest BCUT2D eigenvalue weighted by Crippen LogP contribution is 2.45. The van der Waals surface area contributed by atoms with Gasteiger partial charge in [-0.2, -0.15) is 0 Å². The van der Waals surface area contributed by atoms with E-state index in [1.54, 1.807) is 6.92 Å². The van der Waals surface area contributed by atoms with E-state index >= 15 is 0 Å². The quantitative estimate of drug-likeness (QED) is 0.802. The molecule has 1 fully saturated rings. The number of benzene rings is 2. The first kappa shape index (κ1) is 16.5. The molecule has 0 heterocycles. The Morgan fingerprint density at radius 2 is 2.00 bits per heavy atom. The van der Waals surface area contributed by atoms with E-state index in [4.69, 9.17) is 9.84 Å². The summed E-state index contributed by atoms with van der Waals surface area (Å²) >= 11 is 0. The lowest BCUT2D eigenvalue weighted by Gasteiger charge is -2.18. The van der Waals surface area contributed by atoms with E-state index in [2.05, 4.69) is 0 Å². The van der Waals surface area contributed by atoms with Crippen LogP contribution in [-0.2, 0) is 11.4 Å². The van der Waals surface area contributed by atoms with Crippen LogP contribution in [-0.4, -0.2) is 11.1 Å². The Morgan fingerprint density at radius 3 is 2.58 bits per heavy atom. The SMILES string of the molecule is Cc1cc(C(CC(=O)O)C2CC2)cc(F)c1OCc1ccccc1. The van der Waals surface area contributed by atoms with Crippen molar-refractivity contribution in [3.63, 3.8) is 0 Å². The van der Waals surface area contributed by atoms with Crippen molar-refractivity contribution in [1.82, 2.24) is 0 Å². The highest BCUT2D eigenvalue weighted by atomic mass is 19.1. The Balaban J connectivity index is 1.78. The highest BCUT2D eigenvalue weighted by Gasteiger charge is 2.34. The largest absolute Gasteiger partial charge is 0.486 e. The Morgan fingerprint density at radius 1 is 1.29 bits per heavy atom. The van der Waals surface area contributed by atoms with Crippen molar-refractivity contribution in [3.8, 4) is 5.75 Å². The Kier molecular flexibility index (Phi) is 4.84. The molecule has 1 atom stereocenters. The van der Waals surface area contributed by atoms with Crippen molar-refractivity contribution in [1.29, 1.82) is 0 Å². The fourth-order valence-electron chi connectivity index (χ4n) is 3.13. The molecule has 0 amide bonds. The summed E-state index contributed by atoms with van der Waals surface area (Å²) < 4.78 is 20.2. The maximum Gasteiger partial charge on any atom is 0.303 e. The van der Waals surface area contributed by atoms with Crippen molar-refractivity contribution in [2.24, 2.45) is 5.92 Å². The lowest BCUT2D eigenvalue weighted by Crippen LogP contribution is -2.10. The Labute approximate surface area is 141 Å². The molecule has 0 aromatic heterocycles. The van der Waals surface area contributed by atoms with Crippen LogP contribution in [0.25, 0.3) is 0 Å². The summed E-state index contributed by atoms with van der Waals surface area (Å²) in [7, 11) is 0. The minimum atomic E-state index is -0.839. The molecule has 24 heavy (non-hydrogen) atoms. The van der Waals surface area contributed by atoms with Crippen LogP contribution < -0.4 is 4.74 Å². The first-order chi connectivity index (χ1) is 11.5. The van der Waals surface area contributed by atoms with Crippen LogP contribution in [0.5, 0.6) is 5.75 Å². The van der Waals surface area contributed by atoms with Crippen molar-refractivity contribution in [2.45, 2.75) is 38.7 Å². The maximum absolute atomic E-state index is 14.5. The summed E-state index contributed by atoms with van der Waals surface area (Å²) in [5, 5.41) is 9.11. The second-order valence-corrected chi connectivity index (χ2v) is 6.46. The molecule has 1 aliphatic rings. The average Bonchev–Trinajstić information content (AvgIpc) is 3.37. The number of carboxylic acids is 1. The lowest BCUT2D eigenvalue weighted by molar-refractivity contribution is -0.137. The van der Waals surface area contributed by atoms with Gasteiger partial charge in [0, 0.05) is 0 Å². The number of hydrogen-bond acceptors (Lipinski definition) is 2. The standard InChI is InChI=1S/C20H21FO3/c1-13-9-16(17(11-19(22)23)15-7-8-15)10-18(21)20(13)24-12-14-5-3-2-4-6-14/h2-6,9-10,15,17H,7-8,11-12H2,1H3,(H,22,23). The number of carboxylic acid groups (broad SMARTS) is 1. The molecule has 3 rings (SSSR count). The smallest absolute Gasteiger partial charge is 0.303 e. The molecule has 1 saturated carbocycles. The van der Waals surface area contributed by atoms with Gasteiger partial charge in [-0.15, -0.1) is 0 Å². The number of hydrogen-bond donors (Lipinski definition) is 1. The average molecular weight is 328 g/mol. The van der Waals surface area contributed by atoms with E-state index in [-0.39, 0.29) is 18.1 Å². The van der Waals surface area contributed by atoms with E-state index < -0.39 is 11.8 Å². The van der Waals surface area contributed by atoms with Gasteiger partial charge in [0.25, 0.3) is 0 Å². The van der Waals surface area contributed by atoms with Gasteiger partial charge in [-0.1, -0.05) is 36.4 Å². The molecular formula is C20H21FO3. The predicted molar refractivity (Wildman–Crippen MR) is 89.6 cm³/mol. The molecule has 0 spiro atoms. The fraction of sp³-hybridized carbons (Fsp3) is 0.350. The number of halogens is 1. The maximum atomic E-state index is 14.5. The predicted octanol–water partition coefficient (Wildman–Crippen LogP) is 4.68. The molecule has 1 N–H and O–H groups in total. The van der Waals surface area contributed by atoms with Gasteiger partial charge in [-0.3, -0.25) is 4.79 Å². The molecule has 2 aromatic carbocycles. The zero-order chi connectivity index (χ0) is 17.1. The van der Waals surface area contributed by atoms with E-state index in [1.807, 2.05) is 36.4 Å². The Bertz CT molecular complexity index is 700. The van der Waals surface area contributed by atoms with Crippen LogP contribution in [0.4, 0.5) is 4.39 Å². The summed E-state index contributed by atoms with van der Waals surface area (Å²) in [4.78, 5) is 11.1. The lowest BCUT2D eigenvalue weighted by atomic mass is 9.90. The van der Waals surface area contributed by atoms with Gasteiger partial charge in [0.1, 0.15) is 6.61 Å². The van der Waals surface area contributed by atoms with Crippen LogP contribution in [0.2, 0.25) is 0 Å². The summed E-state index contributed by atoms with van der Waals surface area (Å²) in [6.45, 7) is 2.11. The first-order valence-electron chi connectivity index (χ1n) is 8.23. The third kappa shape index (κ3) is 3.94. The van der Waals surface area contributed by atoms with E-state index in [0.717, 1.165) is 24.0 Å². The minimum absolute atomic E-state index is 0.0494. The number of aliphatic carboxylic acids is 1. The number of carbonyl (C=O) groups is 1. The third-order valence-corrected chi connectivity index (χ3v) is 4.49. The highest BCUT2D eigenvalue weighted by molar-refractivity contribution is 5.68. The van der Waals surface area contributed by atoms with Crippen LogP contribution in [0, 0.1) is 18.7 Å². The zero-order valence-electron chi connectivity index (χ0n) is 13.7. The molecule has 1 unspecified atom stereocenters. The van der Waals surface area contributed by atoms with Gasteiger partial charge < -0.3 is 9.84 Å². The molecule has 0 saturated heterocycles. The molecule has 1 aliphatic carbocycles. The Hall–Kier alpha value is -2.36. The normalized spacial score (nSPS) is 15.1. The number of rotatable bonds is 7. The van der Waals surface area contributed by atoms with Gasteiger partial charge in [0.2, 0.25) is 0 Å². The fourth-order valence-corrected chi connectivity index (χ4v) is 3.13.